The predicted molar refractivity (Wildman–Crippen MR) is 69.1 cm³/mol. The lowest BCUT2D eigenvalue weighted by molar-refractivity contribution is 0.0168. The molecule has 106 valence electrons. The second kappa shape index (κ2) is 5.33. The SMILES string of the molecule is CC(CCN)c1cc(C(C)(F)F)cc2c1OCCO2. The molecule has 1 aliphatic heterocycles. The highest BCUT2D eigenvalue weighted by molar-refractivity contribution is 5.52. The lowest BCUT2D eigenvalue weighted by Gasteiger charge is -2.26. The van der Waals surface area contributed by atoms with E-state index >= 15 is 0 Å². The van der Waals surface area contributed by atoms with Gasteiger partial charge in [0, 0.05) is 18.1 Å². The van der Waals surface area contributed by atoms with Crippen LogP contribution in [0.5, 0.6) is 11.5 Å². The molecular weight excluding hydrogens is 252 g/mol. The number of hydrogen-bond donors (Lipinski definition) is 1. The van der Waals surface area contributed by atoms with Gasteiger partial charge in [-0.1, -0.05) is 6.92 Å². The zero-order chi connectivity index (χ0) is 14.0. The molecule has 0 aliphatic carbocycles. The maximum atomic E-state index is 13.5. The van der Waals surface area contributed by atoms with Crippen LogP contribution >= 0.6 is 0 Å². The predicted octanol–water partition coefficient (Wildman–Crippen LogP) is 3.02. The molecule has 2 N–H and O–H groups in total. The number of ether oxygens (including phenoxy) is 2. The van der Waals surface area contributed by atoms with Crippen LogP contribution in [0.4, 0.5) is 8.78 Å². The molecule has 0 saturated carbocycles. The highest BCUT2D eigenvalue weighted by Crippen LogP contribution is 2.43. The Bertz CT molecular complexity index is 457. The maximum Gasteiger partial charge on any atom is 0.270 e. The van der Waals surface area contributed by atoms with Gasteiger partial charge in [-0.15, -0.1) is 0 Å². The van der Waals surface area contributed by atoms with Crippen molar-refractivity contribution in [2.45, 2.75) is 32.1 Å². The van der Waals surface area contributed by atoms with Crippen molar-refractivity contribution in [3.63, 3.8) is 0 Å². The molecule has 1 unspecified atom stereocenters. The molecule has 1 aromatic rings. The van der Waals surface area contributed by atoms with E-state index in [1.165, 1.54) is 12.1 Å². The van der Waals surface area contributed by atoms with Gasteiger partial charge in [-0.25, -0.2) is 8.78 Å². The number of nitrogens with two attached hydrogens (primary N) is 1. The largest absolute Gasteiger partial charge is 0.486 e. The molecule has 1 aliphatic rings. The Kier molecular flexibility index (Phi) is 3.94. The molecule has 0 bridgehead atoms. The molecule has 0 spiro atoms. The fourth-order valence-electron chi connectivity index (χ4n) is 2.21. The van der Waals surface area contributed by atoms with E-state index in [0.717, 1.165) is 12.5 Å². The van der Waals surface area contributed by atoms with Gasteiger partial charge in [0.15, 0.2) is 11.5 Å². The van der Waals surface area contributed by atoms with Gasteiger partial charge in [0.05, 0.1) is 0 Å². The van der Waals surface area contributed by atoms with Crippen molar-refractivity contribution in [3.8, 4) is 11.5 Å². The Morgan fingerprint density at radius 1 is 1.32 bits per heavy atom. The highest BCUT2D eigenvalue weighted by Gasteiger charge is 2.29. The van der Waals surface area contributed by atoms with Crippen molar-refractivity contribution in [2.75, 3.05) is 19.8 Å². The van der Waals surface area contributed by atoms with Crippen molar-refractivity contribution in [3.05, 3.63) is 23.3 Å². The van der Waals surface area contributed by atoms with E-state index in [0.29, 0.717) is 37.7 Å². The van der Waals surface area contributed by atoms with Crippen LogP contribution in [0, 0.1) is 0 Å². The molecule has 5 heteroatoms. The Labute approximate surface area is 111 Å². The van der Waals surface area contributed by atoms with Crippen molar-refractivity contribution in [1.29, 1.82) is 0 Å². The summed E-state index contributed by atoms with van der Waals surface area (Å²) in [7, 11) is 0. The summed E-state index contributed by atoms with van der Waals surface area (Å²) < 4.78 is 38.1. The second-order valence-corrected chi connectivity index (χ2v) is 4.96. The average molecular weight is 271 g/mol. The van der Waals surface area contributed by atoms with Gasteiger partial charge in [0.25, 0.3) is 5.92 Å². The van der Waals surface area contributed by atoms with E-state index in [4.69, 9.17) is 15.2 Å². The van der Waals surface area contributed by atoms with E-state index in [1.807, 2.05) is 6.92 Å². The molecule has 0 saturated heterocycles. The van der Waals surface area contributed by atoms with Crippen LogP contribution in [0.1, 0.15) is 37.3 Å². The second-order valence-electron chi connectivity index (χ2n) is 4.96. The molecule has 0 amide bonds. The number of alkyl halides is 2. The molecular formula is C14H19F2NO2. The molecule has 3 nitrogen and oxygen atoms in total. The Hall–Kier alpha value is -1.36. The fraction of sp³-hybridized carbons (Fsp3) is 0.571. The minimum absolute atomic E-state index is 0.0457. The summed E-state index contributed by atoms with van der Waals surface area (Å²) >= 11 is 0. The van der Waals surface area contributed by atoms with Gasteiger partial charge >= 0.3 is 0 Å². The first-order valence-electron chi connectivity index (χ1n) is 6.45. The summed E-state index contributed by atoms with van der Waals surface area (Å²) in [6.07, 6.45) is 0.717. The van der Waals surface area contributed by atoms with Gasteiger partial charge in [0.1, 0.15) is 13.2 Å². The van der Waals surface area contributed by atoms with Crippen LogP contribution in [0.15, 0.2) is 12.1 Å². The standard InChI is InChI=1S/C14H19F2NO2/c1-9(3-4-17)11-7-10(14(2,15)16)8-12-13(11)19-6-5-18-12/h7-9H,3-6,17H2,1-2H3. The first-order chi connectivity index (χ1) is 8.93. The van der Waals surface area contributed by atoms with E-state index in [1.54, 1.807) is 0 Å². The van der Waals surface area contributed by atoms with E-state index in [-0.39, 0.29) is 11.5 Å². The van der Waals surface area contributed by atoms with E-state index in [2.05, 4.69) is 0 Å². The molecule has 19 heavy (non-hydrogen) atoms. The van der Waals surface area contributed by atoms with Crippen LogP contribution in [0.25, 0.3) is 0 Å². The Morgan fingerprint density at radius 3 is 2.63 bits per heavy atom. The number of halogens is 2. The number of hydrogen-bond acceptors (Lipinski definition) is 3. The lowest BCUT2D eigenvalue weighted by Crippen LogP contribution is -2.19. The molecule has 1 heterocycles. The van der Waals surface area contributed by atoms with Gasteiger partial charge in [-0.05, 0) is 31.0 Å². The van der Waals surface area contributed by atoms with Crippen LogP contribution in [-0.4, -0.2) is 19.8 Å². The normalized spacial score (nSPS) is 16.3. The maximum absolute atomic E-state index is 13.5. The van der Waals surface area contributed by atoms with Crippen molar-refractivity contribution in [1.82, 2.24) is 0 Å². The number of benzene rings is 1. The molecule has 1 aromatic carbocycles. The van der Waals surface area contributed by atoms with Crippen molar-refractivity contribution in [2.24, 2.45) is 5.73 Å². The van der Waals surface area contributed by atoms with Crippen LogP contribution in [0.2, 0.25) is 0 Å². The first-order valence-corrected chi connectivity index (χ1v) is 6.45. The lowest BCUT2D eigenvalue weighted by atomic mass is 9.93. The third kappa shape index (κ3) is 2.97. The third-order valence-corrected chi connectivity index (χ3v) is 3.31. The van der Waals surface area contributed by atoms with Gasteiger partial charge < -0.3 is 15.2 Å². The van der Waals surface area contributed by atoms with Crippen molar-refractivity contribution < 1.29 is 18.3 Å². The summed E-state index contributed by atoms with van der Waals surface area (Å²) in [5.41, 5.74) is 6.25. The summed E-state index contributed by atoms with van der Waals surface area (Å²) in [4.78, 5) is 0. The Balaban J connectivity index is 2.49. The summed E-state index contributed by atoms with van der Waals surface area (Å²) in [6, 6.07) is 2.88. The highest BCUT2D eigenvalue weighted by atomic mass is 19.3. The summed E-state index contributed by atoms with van der Waals surface area (Å²) in [5, 5.41) is 0. The minimum atomic E-state index is -2.90. The van der Waals surface area contributed by atoms with E-state index < -0.39 is 5.92 Å². The van der Waals surface area contributed by atoms with Crippen LogP contribution < -0.4 is 15.2 Å². The minimum Gasteiger partial charge on any atom is -0.486 e. The number of fused-ring (bicyclic) bond motifs is 1. The van der Waals surface area contributed by atoms with Crippen LogP contribution in [-0.2, 0) is 5.92 Å². The zero-order valence-corrected chi connectivity index (χ0v) is 11.2. The first kappa shape index (κ1) is 14.1. The monoisotopic (exact) mass is 271 g/mol. The zero-order valence-electron chi connectivity index (χ0n) is 11.2. The van der Waals surface area contributed by atoms with Crippen LogP contribution in [0.3, 0.4) is 0 Å². The number of rotatable bonds is 4. The fourth-order valence-corrected chi connectivity index (χ4v) is 2.21. The smallest absolute Gasteiger partial charge is 0.270 e. The summed E-state index contributed by atoms with van der Waals surface area (Å²) in [5.74, 6) is -1.85. The summed E-state index contributed by atoms with van der Waals surface area (Å²) in [6.45, 7) is 4.17. The van der Waals surface area contributed by atoms with E-state index in [9.17, 15) is 8.78 Å². The molecule has 0 fully saturated rings. The topological polar surface area (TPSA) is 44.5 Å². The molecule has 2 rings (SSSR count). The molecule has 0 aromatic heterocycles. The quantitative estimate of drug-likeness (QED) is 0.915. The molecule has 0 radical (unpaired) electrons. The average Bonchev–Trinajstić information content (AvgIpc) is 2.36. The Morgan fingerprint density at radius 2 is 2.00 bits per heavy atom. The van der Waals surface area contributed by atoms with Gasteiger partial charge in [-0.2, -0.15) is 0 Å². The van der Waals surface area contributed by atoms with Gasteiger partial charge in [0.2, 0.25) is 0 Å². The van der Waals surface area contributed by atoms with Gasteiger partial charge in [-0.3, -0.25) is 0 Å². The molecule has 1 atom stereocenters. The third-order valence-electron chi connectivity index (χ3n) is 3.31. The van der Waals surface area contributed by atoms with Crippen molar-refractivity contribution >= 4 is 0 Å².